The van der Waals surface area contributed by atoms with E-state index in [0.29, 0.717) is 18.0 Å². The molecule has 1 atom stereocenters. The lowest BCUT2D eigenvalue weighted by Gasteiger charge is -2.29. The van der Waals surface area contributed by atoms with E-state index in [0.717, 1.165) is 13.1 Å². The molecule has 5 nitrogen and oxygen atoms in total. The molecule has 1 aliphatic rings. The summed E-state index contributed by atoms with van der Waals surface area (Å²) in [5, 5.41) is 9.03. The number of hydrogen-bond donors (Lipinski definition) is 3. The van der Waals surface area contributed by atoms with Crippen molar-refractivity contribution in [3.63, 3.8) is 0 Å². The summed E-state index contributed by atoms with van der Waals surface area (Å²) in [5.74, 6) is 0.205. The van der Waals surface area contributed by atoms with Gasteiger partial charge in [0, 0.05) is 31.1 Å². The first-order valence-electron chi connectivity index (χ1n) is 9.08. The van der Waals surface area contributed by atoms with E-state index in [-0.39, 0.29) is 23.1 Å². The van der Waals surface area contributed by atoms with Gasteiger partial charge in [0.05, 0.1) is 0 Å². The summed E-state index contributed by atoms with van der Waals surface area (Å²) in [6.07, 6.45) is 0. The quantitative estimate of drug-likeness (QED) is 0.739. The highest BCUT2D eigenvalue weighted by atomic mass is 16.2. The lowest BCUT2D eigenvalue weighted by atomic mass is 9.86. The van der Waals surface area contributed by atoms with E-state index in [4.69, 9.17) is 0 Å². The minimum Gasteiger partial charge on any atom is -0.354 e. The highest BCUT2D eigenvalue weighted by Gasteiger charge is 2.26. The van der Waals surface area contributed by atoms with Crippen LogP contribution in [-0.2, 0) is 10.2 Å². The molecule has 0 bridgehead atoms. The average Bonchev–Trinajstić information content (AvgIpc) is 2.49. The first-order valence-corrected chi connectivity index (χ1v) is 9.08. The molecule has 1 heterocycles. The van der Waals surface area contributed by atoms with E-state index in [9.17, 15) is 9.59 Å². The van der Waals surface area contributed by atoms with Crippen molar-refractivity contribution in [1.29, 1.82) is 0 Å². The highest BCUT2D eigenvalue weighted by Crippen LogP contribution is 2.22. The van der Waals surface area contributed by atoms with Crippen LogP contribution in [0, 0.1) is 11.8 Å². The molecule has 1 saturated heterocycles. The van der Waals surface area contributed by atoms with Crippen molar-refractivity contribution in [2.24, 2.45) is 11.8 Å². The van der Waals surface area contributed by atoms with E-state index in [2.05, 4.69) is 36.7 Å². The fraction of sp³-hybridized carbons (Fsp3) is 0.600. The Bertz CT molecular complexity index is 598. The third-order valence-corrected chi connectivity index (χ3v) is 4.68. The second kappa shape index (κ2) is 8.00. The molecule has 2 rings (SSSR count). The van der Waals surface area contributed by atoms with E-state index in [1.54, 1.807) is 0 Å². The maximum absolute atomic E-state index is 12.5. The molecule has 5 heteroatoms. The molecule has 2 amide bonds. The number of amides is 2. The number of benzene rings is 1. The number of hydrogen-bond acceptors (Lipinski definition) is 3. The van der Waals surface area contributed by atoms with Crippen molar-refractivity contribution in [2.45, 2.75) is 46.1 Å². The monoisotopic (exact) mass is 345 g/mol. The maximum atomic E-state index is 12.5. The van der Waals surface area contributed by atoms with Crippen LogP contribution in [0.15, 0.2) is 24.3 Å². The Hall–Kier alpha value is -1.88. The Balaban J connectivity index is 1.97. The van der Waals surface area contributed by atoms with Crippen LogP contribution in [0.25, 0.3) is 0 Å². The minimum atomic E-state index is -0.525. The number of rotatable bonds is 6. The number of carbonyl (C=O) groups is 2. The summed E-state index contributed by atoms with van der Waals surface area (Å²) in [7, 11) is 0. The van der Waals surface area contributed by atoms with Crippen LogP contribution in [-0.4, -0.2) is 37.5 Å². The van der Waals surface area contributed by atoms with Gasteiger partial charge in [-0.3, -0.25) is 9.59 Å². The molecule has 138 valence electrons. The van der Waals surface area contributed by atoms with Gasteiger partial charge >= 0.3 is 0 Å². The molecule has 0 radical (unpaired) electrons. The van der Waals surface area contributed by atoms with Crippen LogP contribution in [0.2, 0.25) is 0 Å². The first kappa shape index (κ1) is 19.4. The van der Waals surface area contributed by atoms with Gasteiger partial charge < -0.3 is 16.0 Å². The normalized spacial score (nSPS) is 16.2. The Kier molecular flexibility index (Phi) is 6.22. The molecule has 0 spiro atoms. The van der Waals surface area contributed by atoms with E-state index in [1.165, 1.54) is 5.56 Å². The van der Waals surface area contributed by atoms with Gasteiger partial charge in [0.1, 0.15) is 6.04 Å². The van der Waals surface area contributed by atoms with Crippen LogP contribution in [0.4, 0.5) is 0 Å². The van der Waals surface area contributed by atoms with E-state index in [1.807, 2.05) is 38.1 Å². The van der Waals surface area contributed by atoms with Crippen LogP contribution in [0.3, 0.4) is 0 Å². The molecular formula is C20H31N3O2. The summed E-state index contributed by atoms with van der Waals surface area (Å²) in [6.45, 7) is 12.8. The zero-order valence-corrected chi connectivity index (χ0v) is 16.0. The van der Waals surface area contributed by atoms with E-state index >= 15 is 0 Å². The molecular weight excluding hydrogens is 314 g/mol. The molecule has 0 aliphatic carbocycles. The molecule has 1 aromatic carbocycles. The third-order valence-electron chi connectivity index (χ3n) is 4.68. The predicted octanol–water partition coefficient (Wildman–Crippen LogP) is 2.07. The molecule has 25 heavy (non-hydrogen) atoms. The first-order chi connectivity index (χ1) is 11.7. The van der Waals surface area contributed by atoms with Crippen molar-refractivity contribution < 1.29 is 9.59 Å². The fourth-order valence-corrected chi connectivity index (χ4v) is 2.73. The zero-order chi connectivity index (χ0) is 18.6. The predicted molar refractivity (Wildman–Crippen MR) is 101 cm³/mol. The van der Waals surface area contributed by atoms with Crippen molar-refractivity contribution in [3.8, 4) is 0 Å². The summed E-state index contributed by atoms with van der Waals surface area (Å²) < 4.78 is 0. The second-order valence-corrected chi connectivity index (χ2v) is 8.29. The van der Waals surface area contributed by atoms with Crippen molar-refractivity contribution >= 4 is 11.8 Å². The lowest BCUT2D eigenvalue weighted by molar-refractivity contribution is -0.124. The van der Waals surface area contributed by atoms with Gasteiger partial charge in [-0.1, -0.05) is 46.8 Å². The summed E-state index contributed by atoms with van der Waals surface area (Å²) in [6, 6.07) is 7.07. The Morgan fingerprint density at radius 1 is 1.16 bits per heavy atom. The Morgan fingerprint density at radius 3 is 2.20 bits per heavy atom. The molecule has 1 unspecified atom stereocenters. The van der Waals surface area contributed by atoms with Gasteiger partial charge in [0.15, 0.2) is 0 Å². The molecule has 0 saturated carbocycles. The summed E-state index contributed by atoms with van der Waals surface area (Å²) in [4.78, 5) is 25.0. The van der Waals surface area contributed by atoms with Gasteiger partial charge in [-0.2, -0.15) is 0 Å². The maximum Gasteiger partial charge on any atom is 0.251 e. The third kappa shape index (κ3) is 5.30. The standard InChI is InChI=1S/C20H31N3O2/c1-13(2)17(19(25)22-12-14-10-21-11-14)23-18(24)15-6-8-16(9-7-15)20(3,4)5/h6-9,13-14,17,21H,10-12H2,1-5H3,(H,22,25)(H,23,24). The topological polar surface area (TPSA) is 70.2 Å². The molecule has 3 N–H and O–H groups in total. The fourth-order valence-electron chi connectivity index (χ4n) is 2.73. The van der Waals surface area contributed by atoms with E-state index < -0.39 is 6.04 Å². The Labute approximate surface area is 151 Å². The van der Waals surface area contributed by atoms with Gasteiger partial charge in [0.2, 0.25) is 5.91 Å². The largest absolute Gasteiger partial charge is 0.354 e. The lowest BCUT2D eigenvalue weighted by Crippen LogP contribution is -2.53. The SMILES string of the molecule is CC(C)C(NC(=O)c1ccc(C(C)(C)C)cc1)C(=O)NCC1CNC1. The molecule has 1 aliphatic heterocycles. The van der Waals surface area contributed by atoms with Crippen LogP contribution >= 0.6 is 0 Å². The highest BCUT2D eigenvalue weighted by molar-refractivity contribution is 5.97. The molecule has 1 fully saturated rings. The minimum absolute atomic E-state index is 0.0253. The van der Waals surface area contributed by atoms with Crippen LogP contribution < -0.4 is 16.0 Å². The molecule has 1 aromatic rings. The summed E-state index contributed by atoms with van der Waals surface area (Å²) in [5.41, 5.74) is 1.80. The van der Waals surface area contributed by atoms with Crippen LogP contribution in [0.5, 0.6) is 0 Å². The number of carbonyl (C=O) groups excluding carboxylic acids is 2. The van der Waals surface area contributed by atoms with Crippen molar-refractivity contribution in [3.05, 3.63) is 35.4 Å². The van der Waals surface area contributed by atoms with Crippen molar-refractivity contribution in [1.82, 2.24) is 16.0 Å². The van der Waals surface area contributed by atoms with Gasteiger partial charge in [-0.25, -0.2) is 0 Å². The Morgan fingerprint density at radius 2 is 1.76 bits per heavy atom. The van der Waals surface area contributed by atoms with Gasteiger partial charge in [-0.05, 0) is 29.0 Å². The van der Waals surface area contributed by atoms with Gasteiger partial charge in [0.25, 0.3) is 5.91 Å². The zero-order valence-electron chi connectivity index (χ0n) is 16.0. The van der Waals surface area contributed by atoms with Crippen LogP contribution in [0.1, 0.15) is 50.5 Å². The second-order valence-electron chi connectivity index (χ2n) is 8.29. The smallest absolute Gasteiger partial charge is 0.251 e. The summed E-state index contributed by atoms with van der Waals surface area (Å²) >= 11 is 0. The number of nitrogens with one attached hydrogen (secondary N) is 3. The van der Waals surface area contributed by atoms with Crippen molar-refractivity contribution in [2.75, 3.05) is 19.6 Å². The van der Waals surface area contributed by atoms with Gasteiger partial charge in [-0.15, -0.1) is 0 Å². The molecule has 0 aromatic heterocycles. The average molecular weight is 345 g/mol.